The second-order valence-electron chi connectivity index (χ2n) is 5.06. The maximum Gasteiger partial charge on any atom is 0.419 e. The molecule has 0 radical (unpaired) electrons. The molecule has 2 rings (SSSR count). The molecule has 7 heteroatoms. The molecule has 1 aliphatic carbocycles. The third-order valence-corrected chi connectivity index (χ3v) is 3.50. The van der Waals surface area contributed by atoms with Crippen molar-refractivity contribution in [3.63, 3.8) is 0 Å². The van der Waals surface area contributed by atoms with Crippen LogP contribution in [-0.4, -0.2) is 18.0 Å². The van der Waals surface area contributed by atoms with Crippen molar-refractivity contribution in [1.82, 2.24) is 5.32 Å². The van der Waals surface area contributed by atoms with Crippen LogP contribution in [0.15, 0.2) is 18.2 Å². The summed E-state index contributed by atoms with van der Waals surface area (Å²) in [6, 6.07) is 2.62. The summed E-state index contributed by atoms with van der Waals surface area (Å²) in [4.78, 5) is 11.8. The lowest BCUT2D eigenvalue weighted by molar-refractivity contribution is -0.140. The first-order valence-corrected chi connectivity index (χ1v) is 6.16. The van der Waals surface area contributed by atoms with Gasteiger partial charge in [0.05, 0.1) is 11.1 Å². The summed E-state index contributed by atoms with van der Waals surface area (Å²) in [6.07, 6.45) is -2.41. The third kappa shape index (κ3) is 2.92. The van der Waals surface area contributed by atoms with Gasteiger partial charge in [-0.2, -0.15) is 13.2 Å². The number of nitrogens with two attached hydrogens (primary N) is 1. The average Bonchev–Trinajstić information content (AvgIpc) is 2.32. The first-order valence-electron chi connectivity index (χ1n) is 6.16. The molecular weight excluding hydrogens is 276 g/mol. The number of carbonyl (C=O) groups excluding carboxylic acids is 1. The van der Waals surface area contributed by atoms with Crippen LogP contribution in [0.4, 0.5) is 17.6 Å². The number of halogens is 4. The Morgan fingerprint density at radius 2 is 2.00 bits per heavy atom. The molecule has 0 aliphatic heterocycles. The SMILES string of the molecule is NC1(CNC(=O)c2cccc(C(F)(F)F)c2F)CCC1. The van der Waals surface area contributed by atoms with E-state index in [4.69, 9.17) is 5.73 Å². The van der Waals surface area contributed by atoms with E-state index in [9.17, 15) is 22.4 Å². The van der Waals surface area contributed by atoms with Gasteiger partial charge in [0, 0.05) is 12.1 Å². The lowest BCUT2D eigenvalue weighted by Gasteiger charge is -2.38. The molecule has 0 bridgehead atoms. The number of benzene rings is 1. The second kappa shape index (κ2) is 5.05. The molecule has 3 N–H and O–H groups in total. The lowest BCUT2D eigenvalue weighted by atomic mass is 9.78. The lowest BCUT2D eigenvalue weighted by Crippen LogP contribution is -2.55. The first-order chi connectivity index (χ1) is 9.23. The van der Waals surface area contributed by atoms with Crippen molar-refractivity contribution in [2.24, 2.45) is 5.73 Å². The van der Waals surface area contributed by atoms with Gasteiger partial charge in [-0.3, -0.25) is 4.79 Å². The van der Waals surface area contributed by atoms with Crippen LogP contribution in [0.1, 0.15) is 35.2 Å². The molecular formula is C13H14F4N2O. The Morgan fingerprint density at radius 3 is 2.50 bits per heavy atom. The van der Waals surface area contributed by atoms with Crippen LogP contribution in [0, 0.1) is 5.82 Å². The van der Waals surface area contributed by atoms with Gasteiger partial charge in [0.2, 0.25) is 0 Å². The van der Waals surface area contributed by atoms with Gasteiger partial charge in [0.25, 0.3) is 5.91 Å². The Kier molecular flexibility index (Phi) is 3.73. The van der Waals surface area contributed by atoms with Gasteiger partial charge in [-0.15, -0.1) is 0 Å². The van der Waals surface area contributed by atoms with Gasteiger partial charge in [0.1, 0.15) is 5.82 Å². The zero-order valence-corrected chi connectivity index (χ0v) is 10.6. The minimum Gasteiger partial charge on any atom is -0.350 e. The number of hydrogen-bond donors (Lipinski definition) is 2. The molecule has 0 unspecified atom stereocenters. The zero-order valence-electron chi connectivity index (χ0n) is 10.6. The molecule has 1 aromatic carbocycles. The molecule has 0 atom stereocenters. The minimum atomic E-state index is -4.83. The molecule has 1 amide bonds. The number of nitrogens with one attached hydrogen (secondary N) is 1. The summed E-state index contributed by atoms with van der Waals surface area (Å²) in [7, 11) is 0. The van der Waals surface area contributed by atoms with E-state index in [0.717, 1.165) is 31.4 Å². The van der Waals surface area contributed by atoms with Crippen LogP contribution in [-0.2, 0) is 6.18 Å². The van der Waals surface area contributed by atoms with Crippen molar-refractivity contribution in [2.45, 2.75) is 31.0 Å². The van der Waals surface area contributed by atoms with Crippen molar-refractivity contribution < 1.29 is 22.4 Å². The van der Waals surface area contributed by atoms with Crippen molar-refractivity contribution in [1.29, 1.82) is 0 Å². The number of amides is 1. The number of hydrogen-bond acceptors (Lipinski definition) is 2. The Bertz CT molecular complexity index is 524. The van der Waals surface area contributed by atoms with E-state index in [2.05, 4.69) is 5.32 Å². The van der Waals surface area contributed by atoms with Gasteiger partial charge in [-0.25, -0.2) is 4.39 Å². The van der Waals surface area contributed by atoms with E-state index in [1.54, 1.807) is 0 Å². The predicted molar refractivity (Wildman–Crippen MR) is 64.5 cm³/mol. The molecule has 1 aliphatic rings. The highest BCUT2D eigenvalue weighted by Gasteiger charge is 2.36. The maximum atomic E-state index is 13.7. The van der Waals surface area contributed by atoms with E-state index in [1.807, 2.05) is 0 Å². The molecule has 1 fully saturated rings. The Labute approximate surface area is 113 Å². The topological polar surface area (TPSA) is 55.1 Å². The van der Waals surface area contributed by atoms with E-state index >= 15 is 0 Å². The van der Waals surface area contributed by atoms with E-state index < -0.39 is 34.6 Å². The monoisotopic (exact) mass is 290 g/mol. The maximum absolute atomic E-state index is 13.7. The van der Waals surface area contributed by atoms with Crippen LogP contribution in [0.3, 0.4) is 0 Å². The van der Waals surface area contributed by atoms with Crippen LogP contribution < -0.4 is 11.1 Å². The number of rotatable bonds is 3. The van der Waals surface area contributed by atoms with Gasteiger partial charge in [-0.05, 0) is 31.4 Å². The fourth-order valence-electron chi connectivity index (χ4n) is 2.09. The highest BCUT2D eigenvalue weighted by Crippen LogP contribution is 2.32. The molecule has 0 saturated heterocycles. The molecule has 3 nitrogen and oxygen atoms in total. The highest BCUT2D eigenvalue weighted by atomic mass is 19.4. The van der Waals surface area contributed by atoms with Gasteiger partial charge in [-0.1, -0.05) is 6.07 Å². The summed E-state index contributed by atoms with van der Waals surface area (Å²) >= 11 is 0. The minimum absolute atomic E-state index is 0.127. The van der Waals surface area contributed by atoms with Crippen LogP contribution in [0.25, 0.3) is 0 Å². The summed E-state index contributed by atoms with van der Waals surface area (Å²) in [5.41, 5.74) is 3.29. The summed E-state index contributed by atoms with van der Waals surface area (Å²) in [6.45, 7) is 0.127. The first kappa shape index (κ1) is 14.8. The molecule has 0 aromatic heterocycles. The van der Waals surface area contributed by atoms with Crippen LogP contribution in [0.5, 0.6) is 0 Å². The normalized spacial score (nSPS) is 17.4. The zero-order chi connectivity index (χ0) is 15.0. The predicted octanol–water partition coefficient (Wildman–Crippen LogP) is 2.46. The molecule has 1 aromatic rings. The highest BCUT2D eigenvalue weighted by molar-refractivity contribution is 5.94. The standard InChI is InChI=1S/C13H14F4N2O/c14-10-8(3-1-4-9(10)13(15,16)17)11(20)19-7-12(18)5-2-6-12/h1,3-4H,2,5-7,18H2,(H,19,20). The van der Waals surface area contributed by atoms with Gasteiger partial charge >= 0.3 is 6.18 Å². The van der Waals surface area contributed by atoms with Crippen LogP contribution in [0.2, 0.25) is 0 Å². The Balaban J connectivity index is 2.14. The van der Waals surface area contributed by atoms with E-state index in [-0.39, 0.29) is 6.54 Å². The Hall–Kier alpha value is -1.63. The fourth-order valence-corrected chi connectivity index (χ4v) is 2.09. The summed E-state index contributed by atoms with van der Waals surface area (Å²) < 4.78 is 51.3. The largest absolute Gasteiger partial charge is 0.419 e. The summed E-state index contributed by atoms with van der Waals surface area (Å²) in [5, 5.41) is 2.39. The number of carbonyl (C=O) groups is 1. The number of alkyl halides is 3. The smallest absolute Gasteiger partial charge is 0.350 e. The van der Waals surface area contributed by atoms with E-state index in [1.165, 1.54) is 0 Å². The average molecular weight is 290 g/mol. The van der Waals surface area contributed by atoms with Gasteiger partial charge < -0.3 is 11.1 Å². The van der Waals surface area contributed by atoms with Crippen molar-refractivity contribution in [3.8, 4) is 0 Å². The summed E-state index contributed by atoms with van der Waals surface area (Å²) in [5.74, 6) is -2.44. The fraction of sp³-hybridized carbons (Fsp3) is 0.462. The molecule has 20 heavy (non-hydrogen) atoms. The van der Waals surface area contributed by atoms with Gasteiger partial charge in [0.15, 0.2) is 0 Å². The molecule has 110 valence electrons. The van der Waals surface area contributed by atoms with Crippen molar-refractivity contribution >= 4 is 5.91 Å². The molecule has 0 heterocycles. The molecule has 1 saturated carbocycles. The van der Waals surface area contributed by atoms with E-state index in [0.29, 0.717) is 6.07 Å². The van der Waals surface area contributed by atoms with Crippen LogP contribution >= 0.6 is 0 Å². The second-order valence-corrected chi connectivity index (χ2v) is 5.06. The third-order valence-electron chi connectivity index (χ3n) is 3.50. The van der Waals surface area contributed by atoms with Crippen molar-refractivity contribution in [3.05, 3.63) is 35.1 Å². The van der Waals surface area contributed by atoms with Crippen molar-refractivity contribution in [2.75, 3.05) is 6.54 Å². The Morgan fingerprint density at radius 1 is 1.35 bits per heavy atom. The quantitative estimate of drug-likeness (QED) is 0.840. The molecule has 0 spiro atoms.